The molecule has 2 aromatic heterocycles. The van der Waals surface area contributed by atoms with Gasteiger partial charge in [0.15, 0.2) is 0 Å². The zero-order valence-corrected chi connectivity index (χ0v) is 15.1. The van der Waals surface area contributed by atoms with E-state index in [1.165, 1.54) is 23.5 Å². The van der Waals surface area contributed by atoms with Gasteiger partial charge in [-0.3, -0.25) is 4.79 Å². The zero-order valence-electron chi connectivity index (χ0n) is 13.5. The second kappa shape index (κ2) is 6.51. The number of amides is 1. The van der Waals surface area contributed by atoms with Gasteiger partial charge in [-0.1, -0.05) is 22.9 Å². The third kappa shape index (κ3) is 3.18. The summed E-state index contributed by atoms with van der Waals surface area (Å²) < 4.78 is 15.7. The number of benzene rings is 2. The fourth-order valence-corrected chi connectivity index (χ4v) is 3.58. The summed E-state index contributed by atoms with van der Waals surface area (Å²) in [6.07, 6.45) is 0. The Labute approximate surface area is 157 Å². The Morgan fingerprint density at radius 3 is 2.73 bits per heavy atom. The lowest BCUT2D eigenvalue weighted by atomic mass is 10.2. The Bertz CT molecular complexity index is 1120. The fraction of sp³-hybridized carbons (Fsp3) is 0.0556. The third-order valence-electron chi connectivity index (χ3n) is 3.70. The summed E-state index contributed by atoms with van der Waals surface area (Å²) >= 11 is 7.15. The number of hydrogen-bond donors (Lipinski definition) is 1. The smallest absolute Gasteiger partial charge is 0.256 e. The summed E-state index contributed by atoms with van der Waals surface area (Å²) in [5.41, 5.74) is 1.88. The molecule has 26 heavy (non-hydrogen) atoms. The maximum absolute atomic E-state index is 13.4. The molecule has 0 spiro atoms. The van der Waals surface area contributed by atoms with Gasteiger partial charge in [-0.05, 0) is 49.4 Å². The van der Waals surface area contributed by atoms with Crippen LogP contribution in [-0.2, 0) is 0 Å². The van der Waals surface area contributed by atoms with Gasteiger partial charge in [0.1, 0.15) is 11.6 Å². The molecule has 0 aliphatic carbocycles. The lowest BCUT2D eigenvalue weighted by Gasteiger charge is -2.06. The van der Waals surface area contributed by atoms with E-state index in [0.717, 1.165) is 5.69 Å². The number of aryl methyl sites for hydroxylation is 1. The van der Waals surface area contributed by atoms with Crippen LogP contribution in [0.5, 0.6) is 0 Å². The second-order valence-corrected chi connectivity index (χ2v) is 7.10. The minimum atomic E-state index is -0.319. The summed E-state index contributed by atoms with van der Waals surface area (Å²) in [5, 5.41) is 8.33. The molecule has 0 saturated heterocycles. The van der Waals surface area contributed by atoms with Crippen molar-refractivity contribution in [3.63, 3.8) is 0 Å². The van der Waals surface area contributed by atoms with Gasteiger partial charge < -0.3 is 5.32 Å². The van der Waals surface area contributed by atoms with Gasteiger partial charge in [-0.2, -0.15) is 9.78 Å². The van der Waals surface area contributed by atoms with Gasteiger partial charge in [0.05, 0.1) is 15.9 Å². The SMILES string of the molecule is Cc1cc(NC(=O)c2ccc(Cl)cc2)n(-c2nc3ccc(F)cc3s2)n1. The first-order valence-electron chi connectivity index (χ1n) is 7.70. The Morgan fingerprint density at radius 1 is 1.19 bits per heavy atom. The molecule has 0 bridgehead atoms. The van der Waals surface area contributed by atoms with Crippen LogP contribution in [0.3, 0.4) is 0 Å². The van der Waals surface area contributed by atoms with Gasteiger partial charge in [0.2, 0.25) is 5.13 Å². The molecule has 1 N–H and O–H groups in total. The number of rotatable bonds is 3. The summed E-state index contributed by atoms with van der Waals surface area (Å²) in [7, 11) is 0. The number of carbonyl (C=O) groups excluding carboxylic acids is 1. The summed E-state index contributed by atoms with van der Waals surface area (Å²) in [6.45, 7) is 1.82. The highest BCUT2D eigenvalue weighted by Crippen LogP contribution is 2.28. The molecule has 5 nitrogen and oxygen atoms in total. The monoisotopic (exact) mass is 386 g/mol. The predicted molar refractivity (Wildman–Crippen MR) is 101 cm³/mol. The van der Waals surface area contributed by atoms with E-state index < -0.39 is 0 Å². The second-order valence-electron chi connectivity index (χ2n) is 5.65. The van der Waals surface area contributed by atoms with Crippen LogP contribution in [-0.4, -0.2) is 20.7 Å². The minimum Gasteiger partial charge on any atom is -0.306 e. The first-order chi connectivity index (χ1) is 12.5. The average Bonchev–Trinajstić information content (AvgIpc) is 3.18. The summed E-state index contributed by atoms with van der Waals surface area (Å²) in [6, 6.07) is 12.8. The molecule has 0 aliphatic heterocycles. The van der Waals surface area contributed by atoms with E-state index in [4.69, 9.17) is 11.6 Å². The standard InChI is InChI=1S/C18H12ClFN4OS/c1-10-8-16(22-17(25)11-2-4-12(19)5-3-11)24(23-10)18-21-14-7-6-13(20)9-15(14)26-18/h2-9H,1H3,(H,22,25). The Morgan fingerprint density at radius 2 is 1.96 bits per heavy atom. The van der Waals surface area contributed by atoms with Crippen LogP contribution >= 0.6 is 22.9 Å². The first kappa shape index (κ1) is 16.7. The number of fused-ring (bicyclic) bond motifs is 1. The Balaban J connectivity index is 1.69. The topological polar surface area (TPSA) is 59.8 Å². The summed E-state index contributed by atoms with van der Waals surface area (Å²) in [4.78, 5) is 16.9. The van der Waals surface area contributed by atoms with Crippen molar-refractivity contribution in [2.45, 2.75) is 6.92 Å². The zero-order chi connectivity index (χ0) is 18.3. The lowest BCUT2D eigenvalue weighted by Crippen LogP contribution is -2.15. The number of nitrogens with zero attached hydrogens (tertiary/aromatic N) is 3. The Kier molecular flexibility index (Phi) is 4.18. The molecule has 0 fully saturated rings. The van der Waals surface area contributed by atoms with E-state index in [1.54, 1.807) is 41.1 Å². The van der Waals surface area contributed by atoms with Crippen molar-refractivity contribution in [3.8, 4) is 5.13 Å². The molecule has 8 heteroatoms. The molecule has 0 unspecified atom stereocenters. The maximum atomic E-state index is 13.4. The van der Waals surface area contributed by atoms with Gasteiger partial charge in [0.25, 0.3) is 5.91 Å². The van der Waals surface area contributed by atoms with Gasteiger partial charge >= 0.3 is 0 Å². The molecular weight excluding hydrogens is 375 g/mol. The van der Waals surface area contributed by atoms with E-state index in [9.17, 15) is 9.18 Å². The van der Waals surface area contributed by atoms with E-state index in [-0.39, 0.29) is 11.7 Å². The van der Waals surface area contributed by atoms with Crippen LogP contribution in [0.1, 0.15) is 16.1 Å². The first-order valence-corrected chi connectivity index (χ1v) is 8.89. The molecule has 0 radical (unpaired) electrons. The van der Waals surface area contributed by atoms with Crippen LogP contribution in [0.2, 0.25) is 5.02 Å². The minimum absolute atomic E-state index is 0.282. The van der Waals surface area contributed by atoms with Crippen molar-refractivity contribution < 1.29 is 9.18 Å². The van der Waals surface area contributed by atoms with Crippen LogP contribution in [0.25, 0.3) is 15.3 Å². The van der Waals surface area contributed by atoms with Crippen molar-refractivity contribution >= 4 is 44.9 Å². The predicted octanol–water partition coefficient (Wildman–Crippen LogP) is 4.84. The number of halogens is 2. The van der Waals surface area contributed by atoms with E-state index in [1.807, 2.05) is 6.92 Å². The molecular formula is C18H12ClFN4OS. The van der Waals surface area contributed by atoms with E-state index in [0.29, 0.717) is 31.8 Å². The van der Waals surface area contributed by atoms with Crippen molar-refractivity contribution in [2.24, 2.45) is 0 Å². The maximum Gasteiger partial charge on any atom is 0.256 e. The number of thiazole rings is 1. The van der Waals surface area contributed by atoms with Gasteiger partial charge in [-0.15, -0.1) is 0 Å². The Hall–Kier alpha value is -2.77. The quantitative estimate of drug-likeness (QED) is 0.548. The van der Waals surface area contributed by atoms with E-state index in [2.05, 4.69) is 15.4 Å². The molecule has 4 rings (SSSR count). The molecule has 0 aliphatic rings. The molecule has 2 heterocycles. The largest absolute Gasteiger partial charge is 0.306 e. The molecule has 0 atom stereocenters. The molecule has 0 saturated carbocycles. The third-order valence-corrected chi connectivity index (χ3v) is 4.95. The lowest BCUT2D eigenvalue weighted by molar-refractivity contribution is 0.102. The highest BCUT2D eigenvalue weighted by Gasteiger charge is 2.15. The van der Waals surface area contributed by atoms with Crippen LogP contribution < -0.4 is 5.32 Å². The van der Waals surface area contributed by atoms with Crippen LogP contribution in [0, 0.1) is 12.7 Å². The number of hydrogen-bond acceptors (Lipinski definition) is 4. The molecule has 4 aromatic rings. The number of aromatic nitrogens is 3. The van der Waals surface area contributed by atoms with Crippen molar-refractivity contribution in [2.75, 3.05) is 5.32 Å². The van der Waals surface area contributed by atoms with Crippen molar-refractivity contribution in [1.82, 2.24) is 14.8 Å². The van der Waals surface area contributed by atoms with Crippen molar-refractivity contribution in [3.05, 3.63) is 70.6 Å². The van der Waals surface area contributed by atoms with Crippen LogP contribution in [0.4, 0.5) is 10.2 Å². The highest BCUT2D eigenvalue weighted by atomic mass is 35.5. The summed E-state index contributed by atoms with van der Waals surface area (Å²) in [5.74, 6) is -0.113. The average molecular weight is 387 g/mol. The molecule has 130 valence electrons. The fourth-order valence-electron chi connectivity index (χ4n) is 2.50. The molecule has 2 aromatic carbocycles. The van der Waals surface area contributed by atoms with Crippen molar-refractivity contribution in [1.29, 1.82) is 0 Å². The number of anilines is 1. The van der Waals surface area contributed by atoms with Crippen LogP contribution in [0.15, 0.2) is 48.5 Å². The highest BCUT2D eigenvalue weighted by molar-refractivity contribution is 7.20. The molecule has 1 amide bonds. The number of carbonyl (C=O) groups is 1. The van der Waals surface area contributed by atoms with Gasteiger partial charge in [0, 0.05) is 16.7 Å². The normalized spacial score (nSPS) is 11.0. The number of nitrogens with one attached hydrogen (secondary N) is 1. The van der Waals surface area contributed by atoms with E-state index >= 15 is 0 Å². The van der Waals surface area contributed by atoms with Gasteiger partial charge in [-0.25, -0.2) is 9.37 Å².